The number of carbonyl (C=O) groups excluding carboxylic acids is 1. The summed E-state index contributed by atoms with van der Waals surface area (Å²) in [7, 11) is 0. The predicted molar refractivity (Wildman–Crippen MR) is 75.3 cm³/mol. The minimum atomic E-state index is -0.560. The maximum atomic E-state index is 11.4. The molecule has 3 rings (SSSR count). The van der Waals surface area contributed by atoms with Crippen molar-refractivity contribution in [1.82, 2.24) is 14.5 Å². The Bertz CT molecular complexity index is 749. The molecule has 5 nitrogen and oxygen atoms in total. The third-order valence-corrected chi connectivity index (χ3v) is 2.95. The molecule has 1 aromatic carbocycles. The van der Waals surface area contributed by atoms with Crippen molar-refractivity contribution in [2.24, 2.45) is 5.73 Å². The van der Waals surface area contributed by atoms with Crippen LogP contribution in [0.3, 0.4) is 0 Å². The Morgan fingerprint density at radius 1 is 1.05 bits per heavy atom. The molecule has 3 aromatic rings. The summed E-state index contributed by atoms with van der Waals surface area (Å²) in [6, 6.07) is 13.3. The van der Waals surface area contributed by atoms with E-state index < -0.39 is 5.91 Å². The van der Waals surface area contributed by atoms with Gasteiger partial charge in [-0.3, -0.25) is 4.79 Å². The summed E-state index contributed by atoms with van der Waals surface area (Å²) in [6.07, 6.45) is 5.03. The van der Waals surface area contributed by atoms with Gasteiger partial charge in [-0.15, -0.1) is 0 Å². The lowest BCUT2D eigenvalue weighted by molar-refractivity contribution is 0.0995. The van der Waals surface area contributed by atoms with E-state index in [0.717, 1.165) is 11.3 Å². The highest BCUT2D eigenvalue weighted by atomic mass is 16.1. The molecule has 0 unspecified atom stereocenters. The molecular weight excluding hydrogens is 252 g/mol. The molecule has 2 N–H and O–H groups in total. The lowest BCUT2D eigenvalue weighted by atomic mass is 10.2. The molecule has 98 valence electrons. The summed E-state index contributed by atoms with van der Waals surface area (Å²) in [4.78, 5) is 19.8. The van der Waals surface area contributed by atoms with Crippen LogP contribution in [0.15, 0.2) is 61.2 Å². The van der Waals surface area contributed by atoms with Gasteiger partial charge in [0.1, 0.15) is 0 Å². The van der Waals surface area contributed by atoms with Gasteiger partial charge < -0.3 is 10.3 Å². The monoisotopic (exact) mass is 264 g/mol. The van der Waals surface area contributed by atoms with Crippen LogP contribution in [0.5, 0.6) is 0 Å². The average Bonchev–Trinajstić information content (AvgIpc) is 2.98. The normalized spacial score (nSPS) is 10.4. The zero-order valence-corrected chi connectivity index (χ0v) is 10.6. The maximum absolute atomic E-state index is 11.4. The molecule has 0 spiro atoms. The zero-order valence-electron chi connectivity index (χ0n) is 10.6. The quantitative estimate of drug-likeness (QED) is 0.786. The first-order valence-electron chi connectivity index (χ1n) is 6.10. The first kappa shape index (κ1) is 12.1. The Morgan fingerprint density at radius 3 is 2.60 bits per heavy atom. The smallest absolute Gasteiger partial charge is 0.269 e. The number of rotatable bonds is 3. The Balaban J connectivity index is 2.05. The highest BCUT2D eigenvalue weighted by molar-refractivity contribution is 5.94. The molecule has 2 aromatic heterocycles. The van der Waals surface area contributed by atoms with Crippen molar-refractivity contribution in [3.05, 3.63) is 66.9 Å². The van der Waals surface area contributed by atoms with E-state index in [-0.39, 0.29) is 5.69 Å². The summed E-state index contributed by atoms with van der Waals surface area (Å²) in [6.45, 7) is 0. The minimum Gasteiger partial charge on any atom is -0.364 e. The van der Waals surface area contributed by atoms with Crippen molar-refractivity contribution in [3.8, 4) is 16.9 Å². The Labute approximate surface area is 115 Å². The Hall–Kier alpha value is -2.95. The fraction of sp³-hybridized carbons (Fsp3) is 0. The lowest BCUT2D eigenvalue weighted by Gasteiger charge is -2.05. The van der Waals surface area contributed by atoms with E-state index in [9.17, 15) is 4.79 Å². The second-order valence-corrected chi connectivity index (χ2v) is 4.27. The van der Waals surface area contributed by atoms with Crippen molar-refractivity contribution in [2.75, 3.05) is 0 Å². The van der Waals surface area contributed by atoms with Crippen molar-refractivity contribution in [1.29, 1.82) is 0 Å². The number of nitrogens with zero attached hydrogens (tertiary/aromatic N) is 3. The van der Waals surface area contributed by atoms with E-state index in [1.54, 1.807) is 29.2 Å². The van der Waals surface area contributed by atoms with Gasteiger partial charge in [0.25, 0.3) is 5.91 Å². The van der Waals surface area contributed by atoms with E-state index in [2.05, 4.69) is 9.97 Å². The number of benzene rings is 1. The highest BCUT2D eigenvalue weighted by Gasteiger charge is 2.11. The number of hydrogen-bond donors (Lipinski definition) is 1. The average molecular weight is 264 g/mol. The first-order valence-corrected chi connectivity index (χ1v) is 6.10. The number of amides is 1. The van der Waals surface area contributed by atoms with Crippen LogP contribution in [0.1, 0.15) is 10.5 Å². The molecule has 20 heavy (non-hydrogen) atoms. The number of aromatic nitrogens is 3. The van der Waals surface area contributed by atoms with Crippen molar-refractivity contribution >= 4 is 5.91 Å². The van der Waals surface area contributed by atoms with Gasteiger partial charge in [0.15, 0.2) is 5.69 Å². The van der Waals surface area contributed by atoms with Crippen LogP contribution in [0, 0.1) is 0 Å². The molecule has 0 bridgehead atoms. The van der Waals surface area contributed by atoms with Gasteiger partial charge in [0.2, 0.25) is 0 Å². The van der Waals surface area contributed by atoms with Crippen LogP contribution in [-0.2, 0) is 0 Å². The van der Waals surface area contributed by atoms with Gasteiger partial charge in [-0.25, -0.2) is 9.97 Å². The van der Waals surface area contributed by atoms with E-state index in [0.29, 0.717) is 5.69 Å². The largest absolute Gasteiger partial charge is 0.364 e. The van der Waals surface area contributed by atoms with Crippen molar-refractivity contribution in [3.63, 3.8) is 0 Å². The van der Waals surface area contributed by atoms with Crippen LogP contribution in [0.25, 0.3) is 16.9 Å². The first-order chi connectivity index (χ1) is 9.75. The molecule has 2 heterocycles. The molecule has 0 fully saturated rings. The Kier molecular flexibility index (Phi) is 3.01. The molecule has 0 saturated carbocycles. The SMILES string of the molecule is NC(=O)c1ncccc1-n1cnc(-c2ccccc2)c1. The van der Waals surface area contributed by atoms with Gasteiger partial charge >= 0.3 is 0 Å². The second-order valence-electron chi connectivity index (χ2n) is 4.27. The highest BCUT2D eigenvalue weighted by Crippen LogP contribution is 2.19. The van der Waals surface area contributed by atoms with E-state index in [1.807, 2.05) is 36.5 Å². The molecule has 0 aliphatic heterocycles. The molecular formula is C15H12N4O. The van der Waals surface area contributed by atoms with E-state index in [4.69, 9.17) is 5.73 Å². The third-order valence-electron chi connectivity index (χ3n) is 2.95. The molecule has 0 aliphatic rings. The number of primary amides is 1. The fourth-order valence-corrected chi connectivity index (χ4v) is 2.01. The third kappa shape index (κ3) is 2.16. The van der Waals surface area contributed by atoms with Crippen LogP contribution in [0.2, 0.25) is 0 Å². The minimum absolute atomic E-state index is 0.226. The molecule has 0 saturated heterocycles. The lowest BCUT2D eigenvalue weighted by Crippen LogP contribution is -2.16. The molecule has 5 heteroatoms. The number of pyridine rings is 1. The molecule has 1 amide bonds. The summed E-state index contributed by atoms with van der Waals surface area (Å²) in [5, 5.41) is 0. The van der Waals surface area contributed by atoms with Crippen molar-refractivity contribution in [2.45, 2.75) is 0 Å². The Morgan fingerprint density at radius 2 is 1.85 bits per heavy atom. The second kappa shape index (κ2) is 4.97. The van der Waals surface area contributed by atoms with E-state index >= 15 is 0 Å². The van der Waals surface area contributed by atoms with Gasteiger partial charge in [0.05, 0.1) is 17.7 Å². The van der Waals surface area contributed by atoms with Gasteiger partial charge in [0, 0.05) is 18.0 Å². The molecule has 0 atom stereocenters. The molecule has 0 radical (unpaired) electrons. The van der Waals surface area contributed by atoms with Crippen LogP contribution < -0.4 is 5.73 Å². The fourth-order valence-electron chi connectivity index (χ4n) is 2.01. The van der Waals surface area contributed by atoms with Crippen molar-refractivity contribution < 1.29 is 4.79 Å². The van der Waals surface area contributed by atoms with Crippen LogP contribution >= 0.6 is 0 Å². The topological polar surface area (TPSA) is 73.8 Å². The number of carbonyl (C=O) groups is 1. The summed E-state index contributed by atoms with van der Waals surface area (Å²) < 4.78 is 1.75. The summed E-state index contributed by atoms with van der Waals surface area (Å²) >= 11 is 0. The number of nitrogens with two attached hydrogens (primary N) is 1. The van der Waals surface area contributed by atoms with Crippen LogP contribution in [-0.4, -0.2) is 20.4 Å². The van der Waals surface area contributed by atoms with Gasteiger partial charge in [-0.2, -0.15) is 0 Å². The number of imidazole rings is 1. The summed E-state index contributed by atoms with van der Waals surface area (Å²) in [5.41, 5.74) is 8.02. The molecule has 0 aliphatic carbocycles. The number of hydrogen-bond acceptors (Lipinski definition) is 3. The van der Waals surface area contributed by atoms with Gasteiger partial charge in [-0.05, 0) is 12.1 Å². The predicted octanol–water partition coefficient (Wildman–Crippen LogP) is 2.03. The summed E-state index contributed by atoms with van der Waals surface area (Å²) in [5.74, 6) is -0.560. The van der Waals surface area contributed by atoms with E-state index in [1.165, 1.54) is 0 Å². The standard InChI is InChI=1S/C15H12N4O/c16-15(20)14-13(7-4-8-17-14)19-9-12(18-10-19)11-5-2-1-3-6-11/h1-10H,(H2,16,20). The van der Waals surface area contributed by atoms with Crippen LogP contribution in [0.4, 0.5) is 0 Å². The van der Waals surface area contributed by atoms with Gasteiger partial charge in [-0.1, -0.05) is 30.3 Å². The maximum Gasteiger partial charge on any atom is 0.269 e. The zero-order chi connectivity index (χ0) is 13.9.